The number of halogens is 3. The Balaban J connectivity index is 1.74. The van der Waals surface area contributed by atoms with E-state index in [4.69, 9.17) is 4.74 Å². The zero-order valence-corrected chi connectivity index (χ0v) is 14.1. The molecule has 2 bridgehead atoms. The van der Waals surface area contributed by atoms with E-state index in [1.807, 2.05) is 0 Å². The average molecular weight is 363 g/mol. The molecule has 4 nitrogen and oxygen atoms in total. The molecule has 8 heteroatoms. The lowest BCUT2D eigenvalue weighted by molar-refractivity contribution is -0.137. The molecule has 24 heavy (non-hydrogen) atoms. The van der Waals surface area contributed by atoms with Crippen LogP contribution in [0.25, 0.3) is 0 Å². The smallest absolute Gasteiger partial charge is 0.416 e. The predicted octanol–water partition coefficient (Wildman–Crippen LogP) is 3.29. The molecule has 1 aromatic rings. The first-order chi connectivity index (χ1) is 11.2. The highest BCUT2D eigenvalue weighted by atomic mass is 32.2. The fraction of sp³-hybridized carbons (Fsp3) is 0.625. The number of alkyl halides is 3. The zero-order valence-electron chi connectivity index (χ0n) is 13.3. The lowest BCUT2D eigenvalue weighted by Gasteiger charge is -2.33. The van der Waals surface area contributed by atoms with Crippen LogP contribution in [0.2, 0.25) is 0 Å². The Kier molecular flexibility index (Phi) is 4.55. The van der Waals surface area contributed by atoms with Crippen molar-refractivity contribution in [1.29, 1.82) is 0 Å². The summed E-state index contributed by atoms with van der Waals surface area (Å²) in [5, 5.41) is 0. The summed E-state index contributed by atoms with van der Waals surface area (Å²) in [5.74, 6) is 0.361. The first kappa shape index (κ1) is 17.5. The number of piperidine rings is 1. The molecular weight excluding hydrogens is 343 g/mol. The van der Waals surface area contributed by atoms with Gasteiger partial charge >= 0.3 is 6.18 Å². The van der Waals surface area contributed by atoms with Crippen molar-refractivity contribution in [3.8, 4) is 5.75 Å². The fourth-order valence-electron chi connectivity index (χ4n) is 3.79. The van der Waals surface area contributed by atoms with Gasteiger partial charge in [0.05, 0.1) is 17.4 Å². The fourth-order valence-corrected chi connectivity index (χ4v) is 5.38. The number of hydrogen-bond donors (Lipinski definition) is 0. The largest absolute Gasteiger partial charge is 0.492 e. The quantitative estimate of drug-likeness (QED) is 0.807. The maximum Gasteiger partial charge on any atom is 0.416 e. The third-order valence-corrected chi connectivity index (χ3v) is 6.89. The van der Waals surface area contributed by atoms with E-state index in [0.29, 0.717) is 0 Å². The van der Waals surface area contributed by atoms with E-state index in [9.17, 15) is 21.6 Å². The van der Waals surface area contributed by atoms with Crippen LogP contribution in [-0.4, -0.2) is 37.2 Å². The minimum absolute atomic E-state index is 0.00931. The molecule has 3 atom stereocenters. The van der Waals surface area contributed by atoms with E-state index < -0.39 is 21.8 Å². The lowest BCUT2D eigenvalue weighted by Crippen LogP contribution is -2.48. The molecule has 1 heterocycles. The van der Waals surface area contributed by atoms with Gasteiger partial charge in [0, 0.05) is 6.04 Å². The molecule has 1 aliphatic heterocycles. The predicted molar refractivity (Wildman–Crippen MR) is 83.2 cm³/mol. The molecule has 0 spiro atoms. The van der Waals surface area contributed by atoms with Crippen LogP contribution in [-0.2, 0) is 16.2 Å². The molecule has 0 unspecified atom stereocenters. The van der Waals surface area contributed by atoms with Gasteiger partial charge in [-0.15, -0.1) is 0 Å². The van der Waals surface area contributed by atoms with Gasteiger partial charge in [0.25, 0.3) is 0 Å². The molecule has 0 radical (unpaired) electrons. The summed E-state index contributed by atoms with van der Waals surface area (Å²) in [5.41, 5.74) is -0.772. The Morgan fingerprint density at radius 1 is 1.29 bits per heavy atom. The molecule has 134 valence electrons. The van der Waals surface area contributed by atoms with E-state index >= 15 is 0 Å². The molecule has 1 aromatic carbocycles. The summed E-state index contributed by atoms with van der Waals surface area (Å²) in [6.45, 7) is 1.69. The molecule has 0 amide bonds. The second-order valence-electron chi connectivity index (χ2n) is 6.36. The summed E-state index contributed by atoms with van der Waals surface area (Å²) in [4.78, 5) is 0. The van der Waals surface area contributed by atoms with Crippen molar-refractivity contribution in [2.45, 2.75) is 44.4 Å². The van der Waals surface area contributed by atoms with E-state index in [0.717, 1.165) is 31.4 Å². The van der Waals surface area contributed by atoms with Gasteiger partial charge in [0.2, 0.25) is 10.0 Å². The van der Waals surface area contributed by atoms with Crippen LogP contribution in [0.5, 0.6) is 5.75 Å². The second kappa shape index (κ2) is 6.22. The summed E-state index contributed by atoms with van der Waals surface area (Å²) in [7, 11) is -3.34. The first-order valence-electron chi connectivity index (χ1n) is 8.03. The van der Waals surface area contributed by atoms with Crippen molar-refractivity contribution in [2.75, 3.05) is 12.4 Å². The highest BCUT2D eigenvalue weighted by molar-refractivity contribution is 7.89. The van der Waals surface area contributed by atoms with Crippen molar-refractivity contribution in [2.24, 2.45) is 5.92 Å². The second-order valence-corrected chi connectivity index (χ2v) is 8.52. The van der Waals surface area contributed by atoms with Crippen LogP contribution in [0.4, 0.5) is 13.2 Å². The van der Waals surface area contributed by atoms with Gasteiger partial charge in [-0.2, -0.15) is 17.5 Å². The lowest BCUT2D eigenvalue weighted by atomic mass is 10.0. The Morgan fingerprint density at radius 2 is 2.04 bits per heavy atom. The van der Waals surface area contributed by atoms with Crippen molar-refractivity contribution >= 4 is 10.0 Å². The standard InChI is InChI=1S/C16H20F3NO3S/c1-2-24(21,22)20-13-7-6-11(8-13)15(20)10-23-14-5-3-4-12(9-14)16(17,18)19/h3-5,9,11,13,15H,2,6-8,10H2,1H3/t11-,13-,15+/m1/s1. The molecule has 3 rings (SSSR count). The summed E-state index contributed by atoms with van der Waals surface area (Å²) in [6, 6.07) is 4.41. The third kappa shape index (κ3) is 3.26. The van der Waals surface area contributed by atoms with Gasteiger partial charge in [-0.3, -0.25) is 0 Å². The van der Waals surface area contributed by atoms with Gasteiger partial charge in [-0.05, 0) is 50.3 Å². The maximum absolute atomic E-state index is 12.8. The highest BCUT2D eigenvalue weighted by Gasteiger charge is 2.50. The highest BCUT2D eigenvalue weighted by Crippen LogP contribution is 2.44. The van der Waals surface area contributed by atoms with Gasteiger partial charge in [-0.25, -0.2) is 8.42 Å². The Labute approximate surface area is 139 Å². The molecule has 1 aliphatic carbocycles. The van der Waals surface area contributed by atoms with Crippen LogP contribution in [0.1, 0.15) is 31.7 Å². The monoisotopic (exact) mass is 363 g/mol. The number of rotatable bonds is 5. The van der Waals surface area contributed by atoms with E-state index in [1.165, 1.54) is 16.4 Å². The number of sulfonamides is 1. The molecule has 0 aromatic heterocycles. The third-order valence-electron chi connectivity index (χ3n) is 4.94. The summed E-state index contributed by atoms with van der Waals surface area (Å²) >= 11 is 0. The summed E-state index contributed by atoms with van der Waals surface area (Å²) in [6.07, 6.45) is -1.82. The Morgan fingerprint density at radius 3 is 2.71 bits per heavy atom. The number of fused-ring (bicyclic) bond motifs is 2. The van der Waals surface area contributed by atoms with Crippen LogP contribution in [0, 0.1) is 5.92 Å². The number of ether oxygens (including phenoxy) is 1. The van der Waals surface area contributed by atoms with Crippen molar-refractivity contribution < 1.29 is 26.3 Å². The van der Waals surface area contributed by atoms with Crippen LogP contribution < -0.4 is 4.74 Å². The van der Waals surface area contributed by atoms with Gasteiger partial charge in [0.15, 0.2) is 0 Å². The van der Waals surface area contributed by atoms with Crippen molar-refractivity contribution in [3.63, 3.8) is 0 Å². The topological polar surface area (TPSA) is 46.6 Å². The Bertz CT molecular complexity index is 705. The maximum atomic E-state index is 12.8. The molecule has 1 saturated heterocycles. The number of benzene rings is 1. The molecular formula is C16H20F3NO3S. The average Bonchev–Trinajstić information content (AvgIpc) is 3.13. The Hall–Kier alpha value is -1.28. The van der Waals surface area contributed by atoms with Crippen LogP contribution in [0.3, 0.4) is 0 Å². The minimum Gasteiger partial charge on any atom is -0.492 e. The SMILES string of the molecule is CCS(=O)(=O)N1[C@@H]2CC[C@H](C2)[C@@H]1COc1cccc(C(F)(F)F)c1. The van der Waals surface area contributed by atoms with Gasteiger partial charge in [-0.1, -0.05) is 6.07 Å². The normalized spacial score (nSPS) is 27.6. The van der Waals surface area contributed by atoms with Crippen LogP contribution in [0.15, 0.2) is 24.3 Å². The van der Waals surface area contributed by atoms with Crippen molar-refractivity contribution in [3.05, 3.63) is 29.8 Å². The van der Waals surface area contributed by atoms with Crippen LogP contribution >= 0.6 is 0 Å². The van der Waals surface area contributed by atoms with Gasteiger partial charge in [0.1, 0.15) is 12.4 Å². The van der Waals surface area contributed by atoms with Gasteiger partial charge < -0.3 is 4.74 Å². The zero-order chi connectivity index (χ0) is 17.5. The van der Waals surface area contributed by atoms with E-state index in [-0.39, 0.29) is 36.1 Å². The van der Waals surface area contributed by atoms with E-state index in [2.05, 4.69) is 0 Å². The molecule has 0 N–H and O–H groups in total. The molecule has 2 aliphatic rings. The number of nitrogens with zero attached hydrogens (tertiary/aromatic N) is 1. The number of hydrogen-bond acceptors (Lipinski definition) is 3. The minimum atomic E-state index is -4.43. The first-order valence-corrected chi connectivity index (χ1v) is 9.64. The molecule has 1 saturated carbocycles. The van der Waals surface area contributed by atoms with Crippen molar-refractivity contribution in [1.82, 2.24) is 4.31 Å². The van der Waals surface area contributed by atoms with E-state index in [1.54, 1.807) is 6.92 Å². The molecule has 2 fully saturated rings. The summed E-state index contributed by atoms with van der Waals surface area (Å²) < 4.78 is 70.0.